The highest BCUT2D eigenvalue weighted by atomic mass is 32.2. The number of nitriles is 1. The van der Waals surface area contributed by atoms with Crippen molar-refractivity contribution in [1.29, 1.82) is 5.26 Å². The van der Waals surface area contributed by atoms with Crippen LogP contribution in [-0.4, -0.2) is 19.3 Å². The third-order valence-corrected chi connectivity index (χ3v) is 5.12. The number of allylic oxidation sites excluding steroid dienone is 1. The lowest BCUT2D eigenvalue weighted by Gasteiger charge is -2.25. The van der Waals surface area contributed by atoms with Gasteiger partial charge in [-0.15, -0.1) is 11.8 Å². The van der Waals surface area contributed by atoms with Crippen molar-refractivity contribution in [3.05, 3.63) is 70.3 Å². The molecule has 0 aliphatic carbocycles. The van der Waals surface area contributed by atoms with Gasteiger partial charge in [0.2, 0.25) is 5.91 Å². The van der Waals surface area contributed by atoms with Crippen LogP contribution in [0.1, 0.15) is 23.5 Å². The third kappa shape index (κ3) is 4.26. The van der Waals surface area contributed by atoms with Gasteiger partial charge in [0.1, 0.15) is 6.61 Å². The Morgan fingerprint density at radius 3 is 2.67 bits per heavy atom. The van der Waals surface area contributed by atoms with E-state index in [0.29, 0.717) is 28.7 Å². The molecule has 0 saturated heterocycles. The summed E-state index contributed by atoms with van der Waals surface area (Å²) in [7, 11) is 1.59. The van der Waals surface area contributed by atoms with Gasteiger partial charge in [-0.05, 0) is 29.5 Å². The van der Waals surface area contributed by atoms with Gasteiger partial charge in [-0.3, -0.25) is 4.79 Å². The van der Waals surface area contributed by atoms with Gasteiger partial charge in [-0.2, -0.15) is 5.26 Å². The summed E-state index contributed by atoms with van der Waals surface area (Å²) in [6.07, 6.45) is 2.08. The summed E-state index contributed by atoms with van der Waals surface area (Å²) in [6.45, 7) is 0.406. The number of rotatable bonds is 6. The van der Waals surface area contributed by atoms with E-state index in [1.54, 1.807) is 7.11 Å². The summed E-state index contributed by atoms with van der Waals surface area (Å²) in [4.78, 5) is 12.1. The summed E-state index contributed by atoms with van der Waals surface area (Å²) in [5.41, 5.74) is 2.47. The molecule has 2 aromatic carbocycles. The van der Waals surface area contributed by atoms with Gasteiger partial charge in [-0.1, -0.05) is 36.4 Å². The standard InChI is InChI=1S/C21H20N2O3S/c1-25-18-9-8-15(10-19(18)26-13-14-6-4-3-5-7-14)16-11-20(24)23-21(27-2)17(16)12-22/h3-10,16H,11,13H2,1-2H3,(H,23,24)/t16-/m1/s1. The average Bonchev–Trinajstić information content (AvgIpc) is 2.72. The Hall–Kier alpha value is -2.91. The van der Waals surface area contributed by atoms with Gasteiger partial charge >= 0.3 is 0 Å². The van der Waals surface area contributed by atoms with Crippen LogP contribution in [0, 0.1) is 11.3 Å². The summed E-state index contributed by atoms with van der Waals surface area (Å²) in [6, 6.07) is 17.7. The predicted molar refractivity (Wildman–Crippen MR) is 105 cm³/mol. The fourth-order valence-corrected chi connectivity index (χ4v) is 3.65. The second-order valence-corrected chi connectivity index (χ2v) is 6.86. The van der Waals surface area contributed by atoms with E-state index in [0.717, 1.165) is 11.1 Å². The van der Waals surface area contributed by atoms with E-state index in [1.807, 2.05) is 54.8 Å². The van der Waals surface area contributed by atoms with Crippen molar-refractivity contribution in [2.75, 3.05) is 13.4 Å². The van der Waals surface area contributed by atoms with Crippen LogP contribution in [0.25, 0.3) is 0 Å². The second-order valence-electron chi connectivity index (χ2n) is 6.05. The third-order valence-electron chi connectivity index (χ3n) is 4.39. The molecule has 0 spiro atoms. The molecule has 0 unspecified atom stereocenters. The SMILES string of the molecule is COc1ccc([C@H]2CC(=O)NC(SC)=C2C#N)cc1OCc1ccccc1. The molecule has 0 saturated carbocycles. The van der Waals surface area contributed by atoms with Crippen LogP contribution in [0.5, 0.6) is 11.5 Å². The molecule has 1 heterocycles. The number of carbonyl (C=O) groups is 1. The van der Waals surface area contributed by atoms with Crippen molar-refractivity contribution in [2.24, 2.45) is 0 Å². The lowest BCUT2D eigenvalue weighted by molar-refractivity contribution is -0.120. The Labute approximate surface area is 163 Å². The number of hydrogen-bond donors (Lipinski definition) is 1. The monoisotopic (exact) mass is 380 g/mol. The summed E-state index contributed by atoms with van der Waals surface area (Å²) in [5.74, 6) is 0.817. The fourth-order valence-electron chi connectivity index (χ4n) is 3.02. The van der Waals surface area contributed by atoms with Gasteiger partial charge in [0.15, 0.2) is 11.5 Å². The van der Waals surface area contributed by atoms with Crippen LogP contribution in [0.4, 0.5) is 0 Å². The first-order valence-electron chi connectivity index (χ1n) is 8.49. The number of benzene rings is 2. The molecule has 0 aromatic heterocycles. The summed E-state index contributed by atoms with van der Waals surface area (Å²) < 4.78 is 11.4. The zero-order valence-corrected chi connectivity index (χ0v) is 16.0. The van der Waals surface area contributed by atoms with Crippen LogP contribution < -0.4 is 14.8 Å². The Balaban J connectivity index is 1.92. The van der Waals surface area contributed by atoms with Crippen LogP contribution in [0.15, 0.2) is 59.1 Å². The van der Waals surface area contributed by atoms with E-state index in [4.69, 9.17) is 9.47 Å². The maximum Gasteiger partial charge on any atom is 0.225 e. The lowest BCUT2D eigenvalue weighted by atomic mass is 9.87. The zero-order chi connectivity index (χ0) is 19.2. The topological polar surface area (TPSA) is 71.3 Å². The normalized spacial score (nSPS) is 16.5. The molecule has 1 amide bonds. The molecule has 1 atom stereocenters. The summed E-state index contributed by atoms with van der Waals surface area (Å²) in [5, 5.41) is 13.0. The molecule has 6 heteroatoms. The number of hydrogen-bond acceptors (Lipinski definition) is 5. The van der Waals surface area contributed by atoms with Gasteiger partial charge in [0, 0.05) is 12.3 Å². The number of carbonyl (C=O) groups excluding carboxylic acids is 1. The molecule has 1 N–H and O–H groups in total. The van der Waals surface area contributed by atoms with E-state index < -0.39 is 0 Å². The van der Waals surface area contributed by atoms with Crippen molar-refractivity contribution in [1.82, 2.24) is 5.32 Å². The molecule has 0 fully saturated rings. The second kappa shape index (κ2) is 8.65. The van der Waals surface area contributed by atoms with E-state index in [-0.39, 0.29) is 18.2 Å². The van der Waals surface area contributed by atoms with E-state index in [9.17, 15) is 10.1 Å². The first-order valence-corrected chi connectivity index (χ1v) is 9.71. The van der Waals surface area contributed by atoms with E-state index >= 15 is 0 Å². The molecule has 2 aromatic rings. The molecule has 5 nitrogen and oxygen atoms in total. The highest BCUT2D eigenvalue weighted by Crippen LogP contribution is 2.39. The van der Waals surface area contributed by atoms with Crippen LogP contribution in [-0.2, 0) is 11.4 Å². The maximum atomic E-state index is 12.1. The Kier molecular flexibility index (Phi) is 6.05. The Bertz CT molecular complexity index is 903. The van der Waals surface area contributed by atoms with Crippen molar-refractivity contribution >= 4 is 17.7 Å². The number of ether oxygens (including phenoxy) is 2. The number of amides is 1. The van der Waals surface area contributed by atoms with E-state index in [2.05, 4.69) is 11.4 Å². The summed E-state index contributed by atoms with van der Waals surface area (Å²) >= 11 is 1.37. The van der Waals surface area contributed by atoms with Gasteiger partial charge in [0.25, 0.3) is 0 Å². The number of thioether (sulfide) groups is 1. The minimum Gasteiger partial charge on any atom is -0.493 e. The van der Waals surface area contributed by atoms with Crippen LogP contribution in [0.2, 0.25) is 0 Å². The smallest absolute Gasteiger partial charge is 0.225 e. The zero-order valence-electron chi connectivity index (χ0n) is 15.2. The highest BCUT2D eigenvalue weighted by molar-refractivity contribution is 8.02. The average molecular weight is 380 g/mol. The fraction of sp³-hybridized carbons (Fsp3) is 0.238. The Morgan fingerprint density at radius 2 is 2.00 bits per heavy atom. The highest BCUT2D eigenvalue weighted by Gasteiger charge is 2.29. The largest absolute Gasteiger partial charge is 0.493 e. The first kappa shape index (κ1) is 18.9. The van der Waals surface area contributed by atoms with Crippen molar-refractivity contribution in [2.45, 2.75) is 18.9 Å². The molecule has 1 aliphatic rings. The first-order chi connectivity index (χ1) is 13.2. The number of methoxy groups -OCH3 is 1. The van der Waals surface area contributed by atoms with Crippen molar-refractivity contribution < 1.29 is 14.3 Å². The number of nitrogens with one attached hydrogen (secondary N) is 1. The molecular weight excluding hydrogens is 360 g/mol. The van der Waals surface area contributed by atoms with Crippen molar-refractivity contribution in [3.8, 4) is 17.6 Å². The molecule has 3 rings (SSSR count). The predicted octanol–water partition coefficient (Wildman–Crippen LogP) is 3.98. The minimum absolute atomic E-state index is 0.0917. The van der Waals surface area contributed by atoms with Gasteiger partial charge in [-0.25, -0.2) is 0 Å². The Morgan fingerprint density at radius 1 is 1.22 bits per heavy atom. The minimum atomic E-state index is -0.295. The lowest BCUT2D eigenvalue weighted by Crippen LogP contribution is -2.30. The molecule has 1 aliphatic heterocycles. The van der Waals surface area contributed by atoms with Crippen molar-refractivity contribution in [3.63, 3.8) is 0 Å². The van der Waals surface area contributed by atoms with Gasteiger partial charge in [0.05, 0.1) is 23.8 Å². The van der Waals surface area contributed by atoms with Crippen LogP contribution in [0.3, 0.4) is 0 Å². The van der Waals surface area contributed by atoms with Crippen LogP contribution >= 0.6 is 11.8 Å². The molecular formula is C21H20N2O3S. The molecule has 0 bridgehead atoms. The molecule has 27 heavy (non-hydrogen) atoms. The molecule has 138 valence electrons. The quantitative estimate of drug-likeness (QED) is 0.821. The maximum absolute atomic E-state index is 12.1. The van der Waals surface area contributed by atoms with E-state index in [1.165, 1.54) is 11.8 Å². The van der Waals surface area contributed by atoms with Gasteiger partial charge < -0.3 is 14.8 Å². The molecule has 0 radical (unpaired) electrons. The number of nitrogens with zero attached hydrogens (tertiary/aromatic N) is 1.